The van der Waals surface area contributed by atoms with E-state index in [1.54, 1.807) is 0 Å². The molecule has 3 rings (SSSR count). The van der Waals surface area contributed by atoms with Gasteiger partial charge >= 0.3 is 0 Å². The quantitative estimate of drug-likeness (QED) is 0.709. The lowest BCUT2D eigenvalue weighted by atomic mass is 10.1. The topological polar surface area (TPSA) is 56.7 Å². The van der Waals surface area contributed by atoms with E-state index < -0.39 is 0 Å². The maximum absolute atomic E-state index is 5.53. The van der Waals surface area contributed by atoms with E-state index in [1.165, 1.54) is 11.3 Å². The molecular weight excluding hydrogens is 200 g/mol. The molecule has 1 aromatic heterocycles. The van der Waals surface area contributed by atoms with Crippen molar-refractivity contribution in [2.45, 2.75) is 19.3 Å². The predicted molar refractivity (Wildman–Crippen MR) is 61.5 cm³/mol. The van der Waals surface area contributed by atoms with E-state index in [0.29, 0.717) is 6.54 Å². The first-order chi connectivity index (χ1) is 7.90. The minimum absolute atomic E-state index is 0.698. The summed E-state index contributed by atoms with van der Waals surface area (Å²) in [5, 5.41) is 8.47. The number of fused-ring (bicyclic) bond motifs is 3. The normalized spacial score (nSPS) is 12.6. The molecule has 1 aliphatic heterocycles. The summed E-state index contributed by atoms with van der Waals surface area (Å²) >= 11 is 0. The van der Waals surface area contributed by atoms with Crippen LogP contribution in [0.2, 0.25) is 0 Å². The van der Waals surface area contributed by atoms with Gasteiger partial charge in [0.1, 0.15) is 11.6 Å². The van der Waals surface area contributed by atoms with E-state index in [-0.39, 0.29) is 0 Å². The van der Waals surface area contributed by atoms with E-state index in [0.717, 1.165) is 30.9 Å². The number of hydrogen-bond donors (Lipinski definition) is 1. The van der Waals surface area contributed by atoms with Crippen LogP contribution >= 0.6 is 0 Å². The molecular formula is C12H14N4. The van der Waals surface area contributed by atoms with Crippen molar-refractivity contribution < 1.29 is 0 Å². The largest absolute Gasteiger partial charge is 0.330 e. The Morgan fingerprint density at radius 3 is 3.00 bits per heavy atom. The van der Waals surface area contributed by atoms with Gasteiger partial charge in [0.05, 0.1) is 5.69 Å². The lowest BCUT2D eigenvalue weighted by molar-refractivity contribution is 0.760. The van der Waals surface area contributed by atoms with E-state index in [1.807, 2.05) is 0 Å². The van der Waals surface area contributed by atoms with Crippen LogP contribution in [0.15, 0.2) is 24.3 Å². The molecule has 0 aliphatic carbocycles. The highest BCUT2D eigenvalue weighted by molar-refractivity contribution is 5.49. The van der Waals surface area contributed by atoms with Gasteiger partial charge in [-0.25, -0.2) is 0 Å². The van der Waals surface area contributed by atoms with Crippen LogP contribution in [0.1, 0.15) is 23.6 Å². The zero-order valence-electron chi connectivity index (χ0n) is 9.06. The average Bonchev–Trinajstić information content (AvgIpc) is 2.85. The number of nitrogens with zero attached hydrogens (tertiary/aromatic N) is 3. The summed E-state index contributed by atoms with van der Waals surface area (Å²) in [5.74, 6) is 2.08. The second-order valence-corrected chi connectivity index (χ2v) is 4.07. The first-order valence-electron chi connectivity index (χ1n) is 5.61. The highest BCUT2D eigenvalue weighted by Crippen LogP contribution is 2.27. The van der Waals surface area contributed by atoms with Crippen LogP contribution in [-0.2, 0) is 12.8 Å². The summed E-state index contributed by atoms with van der Waals surface area (Å²) in [6.07, 6.45) is 2.75. The second kappa shape index (κ2) is 3.72. The smallest absolute Gasteiger partial charge is 0.142 e. The van der Waals surface area contributed by atoms with E-state index >= 15 is 0 Å². The third kappa shape index (κ3) is 1.34. The van der Waals surface area contributed by atoms with Gasteiger partial charge in [0.15, 0.2) is 0 Å². The van der Waals surface area contributed by atoms with E-state index in [2.05, 4.69) is 39.0 Å². The number of hydrogen-bond acceptors (Lipinski definition) is 3. The standard InChI is InChI=1S/C12H14N4/c13-7-3-6-11-14-15-12-8-9-4-1-2-5-10(9)16(11)12/h1-2,4-5H,3,6-8,13H2. The minimum atomic E-state index is 0.698. The minimum Gasteiger partial charge on any atom is -0.330 e. The fourth-order valence-electron chi connectivity index (χ4n) is 2.22. The molecule has 0 atom stereocenters. The van der Waals surface area contributed by atoms with Gasteiger partial charge < -0.3 is 5.73 Å². The van der Waals surface area contributed by atoms with Crippen LogP contribution in [0.3, 0.4) is 0 Å². The number of aryl methyl sites for hydroxylation is 1. The molecule has 0 amide bonds. The van der Waals surface area contributed by atoms with Crippen molar-refractivity contribution in [3.63, 3.8) is 0 Å². The zero-order chi connectivity index (χ0) is 11.0. The molecule has 0 bridgehead atoms. The second-order valence-electron chi connectivity index (χ2n) is 4.07. The summed E-state index contributed by atoms with van der Waals surface area (Å²) in [4.78, 5) is 0. The molecule has 0 saturated heterocycles. The van der Waals surface area contributed by atoms with Gasteiger partial charge in [0.2, 0.25) is 0 Å². The fourth-order valence-corrected chi connectivity index (χ4v) is 2.22. The van der Waals surface area contributed by atoms with Crippen molar-refractivity contribution >= 4 is 0 Å². The monoisotopic (exact) mass is 214 g/mol. The van der Waals surface area contributed by atoms with E-state index in [4.69, 9.17) is 5.73 Å². The molecule has 0 spiro atoms. The van der Waals surface area contributed by atoms with Crippen molar-refractivity contribution in [3.05, 3.63) is 41.5 Å². The lowest BCUT2D eigenvalue weighted by Crippen LogP contribution is -2.05. The molecule has 4 nitrogen and oxygen atoms in total. The Kier molecular flexibility index (Phi) is 2.22. The molecule has 16 heavy (non-hydrogen) atoms. The van der Waals surface area contributed by atoms with Crippen LogP contribution in [0.5, 0.6) is 0 Å². The number of para-hydroxylation sites is 1. The summed E-state index contributed by atoms with van der Waals surface area (Å²) in [5.41, 5.74) is 8.09. The first kappa shape index (κ1) is 9.54. The molecule has 2 aromatic rings. The molecule has 4 heteroatoms. The summed E-state index contributed by atoms with van der Waals surface area (Å²) < 4.78 is 2.17. The van der Waals surface area contributed by atoms with Gasteiger partial charge in [-0.1, -0.05) is 18.2 Å². The molecule has 82 valence electrons. The number of benzene rings is 1. The van der Waals surface area contributed by atoms with Crippen molar-refractivity contribution in [1.82, 2.24) is 14.8 Å². The molecule has 0 unspecified atom stereocenters. The van der Waals surface area contributed by atoms with Crippen molar-refractivity contribution in [2.24, 2.45) is 5.73 Å². The molecule has 1 aliphatic rings. The molecule has 2 heterocycles. The number of nitrogens with two attached hydrogens (primary N) is 1. The fraction of sp³-hybridized carbons (Fsp3) is 0.333. The number of rotatable bonds is 3. The van der Waals surface area contributed by atoms with Crippen molar-refractivity contribution in [2.75, 3.05) is 6.54 Å². The Balaban J connectivity index is 2.04. The van der Waals surface area contributed by atoms with Crippen molar-refractivity contribution in [1.29, 1.82) is 0 Å². The van der Waals surface area contributed by atoms with Gasteiger partial charge in [0.25, 0.3) is 0 Å². The van der Waals surface area contributed by atoms with Gasteiger partial charge in [-0.15, -0.1) is 10.2 Å². The maximum atomic E-state index is 5.53. The Labute approximate surface area is 94.1 Å². The highest BCUT2D eigenvalue weighted by atomic mass is 15.3. The summed E-state index contributed by atoms with van der Waals surface area (Å²) in [6, 6.07) is 8.40. The Morgan fingerprint density at radius 1 is 1.25 bits per heavy atom. The molecule has 0 saturated carbocycles. The van der Waals surface area contributed by atoms with Crippen LogP contribution < -0.4 is 5.73 Å². The lowest BCUT2D eigenvalue weighted by Gasteiger charge is -2.04. The van der Waals surface area contributed by atoms with Crippen LogP contribution in [-0.4, -0.2) is 21.3 Å². The third-order valence-corrected chi connectivity index (χ3v) is 2.98. The Morgan fingerprint density at radius 2 is 2.12 bits per heavy atom. The van der Waals surface area contributed by atoms with Gasteiger partial charge in [-0.05, 0) is 24.6 Å². The summed E-state index contributed by atoms with van der Waals surface area (Å²) in [6.45, 7) is 0.698. The zero-order valence-corrected chi connectivity index (χ0v) is 9.06. The predicted octanol–water partition coefficient (Wildman–Crippen LogP) is 1.06. The Hall–Kier alpha value is -1.68. The van der Waals surface area contributed by atoms with Crippen LogP contribution in [0.25, 0.3) is 5.69 Å². The molecule has 0 fully saturated rings. The first-order valence-corrected chi connectivity index (χ1v) is 5.61. The van der Waals surface area contributed by atoms with E-state index in [9.17, 15) is 0 Å². The van der Waals surface area contributed by atoms with Crippen molar-refractivity contribution in [3.8, 4) is 5.69 Å². The molecule has 2 N–H and O–H groups in total. The summed E-state index contributed by atoms with van der Waals surface area (Å²) in [7, 11) is 0. The van der Waals surface area contributed by atoms with Gasteiger partial charge in [0, 0.05) is 12.8 Å². The van der Waals surface area contributed by atoms with Gasteiger partial charge in [-0.2, -0.15) is 0 Å². The average molecular weight is 214 g/mol. The Bertz CT molecular complexity index is 515. The van der Waals surface area contributed by atoms with Gasteiger partial charge in [-0.3, -0.25) is 4.57 Å². The number of aromatic nitrogens is 3. The molecule has 0 radical (unpaired) electrons. The third-order valence-electron chi connectivity index (χ3n) is 2.98. The SMILES string of the molecule is NCCCc1nnc2n1-c1ccccc1C2. The van der Waals surface area contributed by atoms with Crippen LogP contribution in [0, 0.1) is 0 Å². The highest BCUT2D eigenvalue weighted by Gasteiger charge is 2.22. The maximum Gasteiger partial charge on any atom is 0.142 e. The van der Waals surface area contributed by atoms with Crippen LogP contribution in [0.4, 0.5) is 0 Å². The molecule has 1 aromatic carbocycles.